The van der Waals surface area contributed by atoms with Gasteiger partial charge in [-0.05, 0) is 43.2 Å². The Bertz CT molecular complexity index is 761. The first-order valence-corrected chi connectivity index (χ1v) is 8.48. The molecule has 1 aromatic carbocycles. The van der Waals surface area contributed by atoms with Gasteiger partial charge >= 0.3 is 5.97 Å². The van der Waals surface area contributed by atoms with Crippen molar-refractivity contribution in [3.8, 4) is 0 Å². The second-order valence-electron chi connectivity index (χ2n) is 4.70. The van der Waals surface area contributed by atoms with Crippen LogP contribution in [0.15, 0.2) is 34.5 Å². The van der Waals surface area contributed by atoms with Crippen LogP contribution in [-0.4, -0.2) is 19.5 Å². The molecule has 7 heteroatoms. The van der Waals surface area contributed by atoms with Gasteiger partial charge in [0.25, 0.3) is 10.0 Å². The lowest BCUT2D eigenvalue weighted by atomic mass is 10.1. The molecular formula is C14H15NO4S2. The van der Waals surface area contributed by atoms with Crippen LogP contribution in [-0.2, 0) is 21.2 Å². The highest BCUT2D eigenvalue weighted by molar-refractivity contribution is 7.94. The molecule has 0 aliphatic rings. The van der Waals surface area contributed by atoms with E-state index in [1.165, 1.54) is 11.3 Å². The largest absolute Gasteiger partial charge is 0.481 e. The summed E-state index contributed by atoms with van der Waals surface area (Å²) in [5.74, 6) is -0.923. The fourth-order valence-electron chi connectivity index (χ4n) is 1.95. The Hall–Kier alpha value is -1.86. The van der Waals surface area contributed by atoms with E-state index < -0.39 is 16.0 Å². The first kappa shape index (κ1) is 15.5. The fourth-order valence-corrected chi connectivity index (χ4v) is 4.68. The molecule has 0 radical (unpaired) electrons. The standard InChI is InChI=1S/C14H15NO4S2/c1-9-7-10(2)20-14(9)21(18,19)15-12-5-3-11(4-6-12)8-13(16)17/h3-7,15H,8H2,1-2H3,(H,16,17). The Morgan fingerprint density at radius 1 is 1.24 bits per heavy atom. The zero-order valence-corrected chi connectivity index (χ0v) is 13.2. The number of anilines is 1. The van der Waals surface area contributed by atoms with Crippen molar-refractivity contribution in [3.63, 3.8) is 0 Å². The van der Waals surface area contributed by atoms with Crippen LogP contribution in [0.5, 0.6) is 0 Å². The summed E-state index contributed by atoms with van der Waals surface area (Å²) >= 11 is 1.22. The van der Waals surface area contributed by atoms with Gasteiger partial charge in [-0.1, -0.05) is 12.1 Å². The van der Waals surface area contributed by atoms with Crippen LogP contribution in [0.25, 0.3) is 0 Å². The SMILES string of the molecule is Cc1cc(C)c(S(=O)(=O)Nc2ccc(CC(=O)O)cc2)s1. The first-order chi connectivity index (χ1) is 9.78. The van der Waals surface area contributed by atoms with Crippen molar-refractivity contribution in [2.45, 2.75) is 24.5 Å². The Labute approximate surface area is 127 Å². The van der Waals surface area contributed by atoms with Crippen LogP contribution in [0.4, 0.5) is 5.69 Å². The van der Waals surface area contributed by atoms with Crippen molar-refractivity contribution in [2.24, 2.45) is 0 Å². The molecule has 0 saturated heterocycles. The molecule has 2 aromatic rings. The van der Waals surface area contributed by atoms with E-state index in [0.29, 0.717) is 21.0 Å². The summed E-state index contributed by atoms with van der Waals surface area (Å²) in [6, 6.07) is 8.14. The average molecular weight is 325 g/mol. The number of aryl methyl sites for hydroxylation is 2. The molecule has 0 spiro atoms. The van der Waals surface area contributed by atoms with Gasteiger partial charge in [-0.2, -0.15) is 0 Å². The number of nitrogens with one attached hydrogen (secondary N) is 1. The van der Waals surface area contributed by atoms with Gasteiger partial charge in [-0.3, -0.25) is 9.52 Å². The Morgan fingerprint density at radius 3 is 2.33 bits per heavy atom. The van der Waals surface area contributed by atoms with E-state index in [9.17, 15) is 13.2 Å². The van der Waals surface area contributed by atoms with Crippen molar-refractivity contribution in [1.29, 1.82) is 0 Å². The fraction of sp³-hybridized carbons (Fsp3) is 0.214. The molecule has 0 bridgehead atoms. The summed E-state index contributed by atoms with van der Waals surface area (Å²) in [4.78, 5) is 11.5. The van der Waals surface area contributed by atoms with Crippen LogP contribution in [0.3, 0.4) is 0 Å². The minimum Gasteiger partial charge on any atom is -0.481 e. The number of rotatable bonds is 5. The van der Waals surface area contributed by atoms with Crippen LogP contribution in [0.1, 0.15) is 16.0 Å². The molecule has 1 heterocycles. The summed E-state index contributed by atoms with van der Waals surface area (Å²) in [5, 5.41) is 8.69. The summed E-state index contributed by atoms with van der Waals surface area (Å²) < 4.78 is 27.4. The van der Waals surface area contributed by atoms with Crippen molar-refractivity contribution in [3.05, 3.63) is 46.3 Å². The monoisotopic (exact) mass is 325 g/mol. The zero-order valence-electron chi connectivity index (χ0n) is 11.6. The summed E-state index contributed by atoms with van der Waals surface area (Å²) in [7, 11) is -3.61. The number of aliphatic carboxylic acids is 1. The number of hydrogen-bond donors (Lipinski definition) is 2. The van der Waals surface area contributed by atoms with E-state index in [1.54, 1.807) is 31.2 Å². The number of thiophene rings is 1. The number of carboxylic acids is 1. The number of sulfonamides is 1. The van der Waals surface area contributed by atoms with Gasteiger partial charge < -0.3 is 5.11 Å². The van der Waals surface area contributed by atoms with Crippen LogP contribution in [0, 0.1) is 13.8 Å². The predicted octanol–water partition coefficient (Wildman–Crippen LogP) is 2.79. The molecular weight excluding hydrogens is 310 g/mol. The van der Waals surface area contributed by atoms with Crippen molar-refractivity contribution >= 4 is 33.0 Å². The molecule has 0 aliphatic heterocycles. The third kappa shape index (κ3) is 3.83. The predicted molar refractivity (Wildman–Crippen MR) is 82.4 cm³/mol. The van der Waals surface area contributed by atoms with Crippen LogP contribution in [0.2, 0.25) is 0 Å². The summed E-state index contributed by atoms with van der Waals surface area (Å²) in [5.41, 5.74) is 1.75. The third-order valence-corrected chi connectivity index (χ3v) is 5.97. The quantitative estimate of drug-likeness (QED) is 0.885. The van der Waals surface area contributed by atoms with E-state index in [-0.39, 0.29) is 6.42 Å². The van der Waals surface area contributed by atoms with E-state index in [1.807, 2.05) is 13.0 Å². The third-order valence-electron chi connectivity index (χ3n) is 2.80. The molecule has 5 nitrogen and oxygen atoms in total. The molecule has 2 N–H and O–H groups in total. The molecule has 1 aromatic heterocycles. The molecule has 112 valence electrons. The number of carboxylic acid groups (broad SMARTS) is 1. The average Bonchev–Trinajstić information content (AvgIpc) is 2.71. The Balaban J connectivity index is 2.21. The highest BCUT2D eigenvalue weighted by atomic mass is 32.2. The molecule has 2 rings (SSSR count). The molecule has 0 fully saturated rings. The van der Waals surface area contributed by atoms with Gasteiger partial charge in [0.05, 0.1) is 6.42 Å². The van der Waals surface area contributed by atoms with Gasteiger partial charge in [-0.25, -0.2) is 8.42 Å². The smallest absolute Gasteiger partial charge is 0.307 e. The van der Waals surface area contributed by atoms with Gasteiger partial charge in [0, 0.05) is 10.6 Å². The minimum atomic E-state index is -3.61. The number of benzene rings is 1. The summed E-state index contributed by atoms with van der Waals surface area (Å²) in [6.45, 7) is 3.62. The number of hydrogen-bond acceptors (Lipinski definition) is 4. The van der Waals surface area contributed by atoms with Crippen LogP contribution >= 0.6 is 11.3 Å². The second kappa shape index (κ2) is 5.87. The molecule has 0 amide bonds. The molecule has 0 atom stereocenters. The van der Waals surface area contributed by atoms with Crippen LogP contribution < -0.4 is 4.72 Å². The Kier molecular flexibility index (Phi) is 4.34. The van der Waals surface area contributed by atoms with Gasteiger partial charge in [0.1, 0.15) is 4.21 Å². The van der Waals surface area contributed by atoms with Gasteiger partial charge in [-0.15, -0.1) is 11.3 Å². The molecule has 21 heavy (non-hydrogen) atoms. The van der Waals surface area contributed by atoms with Crippen molar-refractivity contribution in [1.82, 2.24) is 0 Å². The molecule has 0 aliphatic carbocycles. The van der Waals surface area contributed by atoms with E-state index in [0.717, 1.165) is 4.88 Å². The lowest BCUT2D eigenvalue weighted by molar-refractivity contribution is -0.136. The Morgan fingerprint density at radius 2 is 1.86 bits per heavy atom. The lowest BCUT2D eigenvalue weighted by Crippen LogP contribution is -2.12. The number of carbonyl (C=O) groups is 1. The highest BCUT2D eigenvalue weighted by Crippen LogP contribution is 2.27. The topological polar surface area (TPSA) is 83.5 Å². The van der Waals surface area contributed by atoms with Gasteiger partial charge in [0.15, 0.2) is 0 Å². The molecule has 0 saturated carbocycles. The summed E-state index contributed by atoms with van der Waals surface area (Å²) in [6.07, 6.45) is -0.0870. The van der Waals surface area contributed by atoms with Gasteiger partial charge in [0.2, 0.25) is 0 Å². The maximum atomic E-state index is 12.3. The van der Waals surface area contributed by atoms with E-state index >= 15 is 0 Å². The van der Waals surface area contributed by atoms with Crippen molar-refractivity contribution in [2.75, 3.05) is 4.72 Å². The zero-order chi connectivity index (χ0) is 15.6. The van der Waals surface area contributed by atoms with E-state index in [2.05, 4.69) is 4.72 Å². The molecule has 0 unspecified atom stereocenters. The maximum Gasteiger partial charge on any atom is 0.307 e. The van der Waals surface area contributed by atoms with Crippen molar-refractivity contribution < 1.29 is 18.3 Å². The second-order valence-corrected chi connectivity index (χ2v) is 7.83. The van der Waals surface area contributed by atoms with E-state index in [4.69, 9.17) is 5.11 Å². The maximum absolute atomic E-state index is 12.3. The minimum absolute atomic E-state index is 0.0870. The normalized spacial score (nSPS) is 11.3. The first-order valence-electron chi connectivity index (χ1n) is 6.18. The highest BCUT2D eigenvalue weighted by Gasteiger charge is 2.19. The lowest BCUT2D eigenvalue weighted by Gasteiger charge is -2.08.